The van der Waals surface area contributed by atoms with Gasteiger partial charge in [-0.05, 0) is 18.2 Å². The molecule has 0 aliphatic heterocycles. The molecule has 6 heteroatoms. The van der Waals surface area contributed by atoms with Crippen LogP contribution in [-0.4, -0.2) is 24.3 Å². The topological polar surface area (TPSA) is 61.4 Å². The molecule has 0 bridgehead atoms. The number of aliphatic hydroxyl groups is 1. The molecule has 0 atom stereocenters. The van der Waals surface area contributed by atoms with Gasteiger partial charge in [-0.3, -0.25) is 0 Å². The van der Waals surface area contributed by atoms with Gasteiger partial charge >= 0.3 is 6.03 Å². The number of hydrogen-bond acceptors (Lipinski definition) is 2. The second kappa shape index (κ2) is 5.53. The second-order valence-electron chi connectivity index (χ2n) is 2.73. The maximum atomic E-state index is 12.6. The first-order chi connectivity index (χ1) is 7.13. The van der Waals surface area contributed by atoms with Crippen LogP contribution >= 0.6 is 11.6 Å². The molecule has 0 aliphatic carbocycles. The molecule has 4 nitrogen and oxygen atoms in total. The minimum atomic E-state index is -0.502. The molecule has 0 heterocycles. The molecule has 0 fully saturated rings. The molecule has 15 heavy (non-hydrogen) atoms. The lowest BCUT2D eigenvalue weighted by molar-refractivity contribution is 0.245. The summed E-state index contributed by atoms with van der Waals surface area (Å²) < 4.78 is 12.6. The van der Waals surface area contributed by atoms with Crippen molar-refractivity contribution in [3.05, 3.63) is 29.0 Å². The molecule has 0 unspecified atom stereocenters. The lowest BCUT2D eigenvalue weighted by Crippen LogP contribution is -2.31. The highest BCUT2D eigenvalue weighted by atomic mass is 35.5. The van der Waals surface area contributed by atoms with Crippen LogP contribution in [0.1, 0.15) is 0 Å². The summed E-state index contributed by atoms with van der Waals surface area (Å²) in [6.07, 6.45) is 0. The number of nitrogens with one attached hydrogen (secondary N) is 2. The van der Waals surface area contributed by atoms with Crippen LogP contribution in [0.4, 0.5) is 14.9 Å². The third-order valence-corrected chi connectivity index (χ3v) is 1.89. The van der Waals surface area contributed by atoms with Crippen molar-refractivity contribution in [2.75, 3.05) is 18.5 Å². The average Bonchev–Trinajstić information content (AvgIpc) is 2.19. The predicted octanol–water partition coefficient (Wildman–Crippen LogP) is 1.59. The highest BCUT2D eigenvalue weighted by Gasteiger charge is 2.05. The number of amides is 2. The molecular formula is C9H10ClFN2O2. The average molecular weight is 233 g/mol. The van der Waals surface area contributed by atoms with Gasteiger partial charge in [-0.1, -0.05) is 11.6 Å². The van der Waals surface area contributed by atoms with Crippen molar-refractivity contribution in [1.82, 2.24) is 5.32 Å². The molecule has 0 aromatic heterocycles. The number of halogens is 2. The Bertz CT molecular complexity index is 360. The Morgan fingerprint density at radius 2 is 2.27 bits per heavy atom. The summed E-state index contributed by atoms with van der Waals surface area (Å²) in [7, 11) is 0. The van der Waals surface area contributed by atoms with Crippen molar-refractivity contribution in [3.8, 4) is 0 Å². The molecule has 0 radical (unpaired) electrons. The number of urea groups is 1. The standard InChI is InChI=1S/C9H10ClFN2O2/c10-7-5-6(11)1-2-8(7)13-9(15)12-3-4-14/h1-2,5,14H,3-4H2,(H2,12,13,15). The van der Waals surface area contributed by atoms with E-state index >= 15 is 0 Å². The van der Waals surface area contributed by atoms with Crippen molar-refractivity contribution in [2.45, 2.75) is 0 Å². The van der Waals surface area contributed by atoms with E-state index in [4.69, 9.17) is 16.7 Å². The fraction of sp³-hybridized carbons (Fsp3) is 0.222. The van der Waals surface area contributed by atoms with Gasteiger partial charge in [0, 0.05) is 6.54 Å². The summed E-state index contributed by atoms with van der Waals surface area (Å²) in [6.45, 7) is -0.00475. The normalized spacial score (nSPS) is 9.80. The van der Waals surface area contributed by atoms with Crippen LogP contribution < -0.4 is 10.6 Å². The summed E-state index contributed by atoms with van der Waals surface area (Å²) in [5.41, 5.74) is 0.313. The van der Waals surface area contributed by atoms with E-state index < -0.39 is 11.8 Å². The van der Waals surface area contributed by atoms with Gasteiger partial charge in [-0.2, -0.15) is 0 Å². The minimum absolute atomic E-state index is 0.120. The van der Waals surface area contributed by atoms with E-state index in [0.717, 1.165) is 6.07 Å². The van der Waals surface area contributed by atoms with Crippen LogP contribution in [-0.2, 0) is 0 Å². The van der Waals surface area contributed by atoms with E-state index in [1.807, 2.05) is 0 Å². The first-order valence-electron chi connectivity index (χ1n) is 4.24. The van der Waals surface area contributed by atoms with E-state index in [1.54, 1.807) is 0 Å². The van der Waals surface area contributed by atoms with Crippen molar-refractivity contribution in [3.63, 3.8) is 0 Å². The van der Waals surface area contributed by atoms with Gasteiger partial charge in [-0.15, -0.1) is 0 Å². The van der Waals surface area contributed by atoms with Gasteiger partial charge in [0.25, 0.3) is 0 Å². The number of aliphatic hydroxyl groups excluding tert-OH is 1. The highest BCUT2D eigenvalue weighted by molar-refractivity contribution is 6.33. The quantitative estimate of drug-likeness (QED) is 0.741. The molecule has 1 rings (SSSR count). The Morgan fingerprint density at radius 1 is 1.53 bits per heavy atom. The molecule has 1 aromatic carbocycles. The number of hydrogen-bond donors (Lipinski definition) is 3. The minimum Gasteiger partial charge on any atom is -0.395 e. The first kappa shape index (κ1) is 11.7. The lowest BCUT2D eigenvalue weighted by atomic mass is 10.3. The van der Waals surface area contributed by atoms with E-state index in [1.165, 1.54) is 12.1 Å². The maximum Gasteiger partial charge on any atom is 0.319 e. The van der Waals surface area contributed by atoms with Crippen molar-refractivity contribution >= 4 is 23.3 Å². The van der Waals surface area contributed by atoms with Crippen LogP contribution in [0.3, 0.4) is 0 Å². The molecule has 3 N–H and O–H groups in total. The molecule has 0 spiro atoms. The summed E-state index contributed by atoms with van der Waals surface area (Å²) >= 11 is 5.68. The smallest absolute Gasteiger partial charge is 0.319 e. The third-order valence-electron chi connectivity index (χ3n) is 1.58. The molecule has 0 saturated heterocycles. The van der Waals surface area contributed by atoms with Gasteiger partial charge in [0.05, 0.1) is 17.3 Å². The van der Waals surface area contributed by atoms with Crippen molar-refractivity contribution in [1.29, 1.82) is 0 Å². The summed E-state index contributed by atoms with van der Waals surface area (Å²) in [5.74, 6) is -0.471. The van der Waals surface area contributed by atoms with E-state index in [2.05, 4.69) is 10.6 Å². The number of benzene rings is 1. The Labute approximate surface area is 91.1 Å². The van der Waals surface area contributed by atoms with Gasteiger partial charge in [0.1, 0.15) is 5.82 Å². The Balaban J connectivity index is 2.60. The number of rotatable bonds is 3. The largest absolute Gasteiger partial charge is 0.395 e. The van der Waals surface area contributed by atoms with Gasteiger partial charge in [0.15, 0.2) is 0 Å². The fourth-order valence-corrected chi connectivity index (χ4v) is 1.14. The summed E-state index contributed by atoms with van der Waals surface area (Å²) in [6, 6.07) is 3.14. The number of anilines is 1. The third kappa shape index (κ3) is 3.73. The zero-order valence-electron chi connectivity index (χ0n) is 7.76. The molecule has 0 aliphatic rings. The van der Waals surface area contributed by atoms with E-state index in [0.29, 0.717) is 5.69 Å². The Hall–Kier alpha value is -1.33. The molecular weight excluding hydrogens is 223 g/mol. The highest BCUT2D eigenvalue weighted by Crippen LogP contribution is 2.21. The Morgan fingerprint density at radius 3 is 2.87 bits per heavy atom. The van der Waals surface area contributed by atoms with Crippen LogP contribution in [0.2, 0.25) is 5.02 Å². The molecule has 2 amide bonds. The first-order valence-corrected chi connectivity index (χ1v) is 4.62. The van der Waals surface area contributed by atoms with E-state index in [-0.39, 0.29) is 18.2 Å². The number of carbonyl (C=O) groups excluding carboxylic acids is 1. The van der Waals surface area contributed by atoms with Gasteiger partial charge in [0.2, 0.25) is 0 Å². The molecule has 1 aromatic rings. The fourth-order valence-electron chi connectivity index (χ4n) is 0.927. The van der Waals surface area contributed by atoms with Gasteiger partial charge < -0.3 is 15.7 Å². The van der Waals surface area contributed by atoms with Crippen LogP contribution in [0, 0.1) is 5.82 Å². The maximum absolute atomic E-state index is 12.6. The lowest BCUT2D eigenvalue weighted by Gasteiger charge is -2.07. The van der Waals surface area contributed by atoms with Crippen LogP contribution in [0.25, 0.3) is 0 Å². The SMILES string of the molecule is O=C(NCCO)Nc1ccc(F)cc1Cl. The second-order valence-corrected chi connectivity index (χ2v) is 3.14. The van der Waals surface area contributed by atoms with Crippen LogP contribution in [0.15, 0.2) is 18.2 Å². The van der Waals surface area contributed by atoms with Crippen LogP contribution in [0.5, 0.6) is 0 Å². The molecule has 0 saturated carbocycles. The zero-order valence-corrected chi connectivity index (χ0v) is 8.51. The predicted molar refractivity (Wildman–Crippen MR) is 55.5 cm³/mol. The summed E-state index contributed by atoms with van der Waals surface area (Å²) in [5, 5.41) is 13.4. The van der Waals surface area contributed by atoms with Gasteiger partial charge in [-0.25, -0.2) is 9.18 Å². The molecule has 82 valence electrons. The summed E-state index contributed by atoms with van der Waals surface area (Å²) in [4.78, 5) is 11.1. The number of carbonyl (C=O) groups is 1. The van der Waals surface area contributed by atoms with E-state index in [9.17, 15) is 9.18 Å². The monoisotopic (exact) mass is 232 g/mol. The Kier molecular flexibility index (Phi) is 4.33. The van der Waals surface area contributed by atoms with Crippen molar-refractivity contribution in [2.24, 2.45) is 0 Å². The zero-order chi connectivity index (χ0) is 11.3. The van der Waals surface area contributed by atoms with Crippen molar-refractivity contribution < 1.29 is 14.3 Å².